The summed E-state index contributed by atoms with van der Waals surface area (Å²) in [5.74, 6) is 0.564. The number of Topliss-reactive ketones (excluding diaryl/α,β-unsaturated/α-hetero) is 1. The van der Waals surface area contributed by atoms with Crippen LogP contribution in [0.5, 0.6) is 5.75 Å². The SMILES string of the molecule is Cc1cc(=O)oc2c3c(ccc12)OCC(CN1CCN(C)CC1)(CN1CCN(C)CC1)C3=O. The second-order valence-corrected chi connectivity index (χ2v) is 10.1. The number of piperazine rings is 2. The predicted octanol–water partition coefficient (Wildman–Crippen LogP) is 1.16. The summed E-state index contributed by atoms with van der Waals surface area (Å²) in [6.07, 6.45) is 0. The van der Waals surface area contributed by atoms with Crippen molar-refractivity contribution >= 4 is 16.8 Å². The minimum atomic E-state index is -0.699. The van der Waals surface area contributed by atoms with Crippen LogP contribution in [0.25, 0.3) is 11.0 Å². The lowest BCUT2D eigenvalue weighted by atomic mass is 9.77. The molecule has 0 bridgehead atoms. The van der Waals surface area contributed by atoms with Crippen molar-refractivity contribution in [1.29, 1.82) is 0 Å². The molecule has 33 heavy (non-hydrogen) atoms. The van der Waals surface area contributed by atoms with Crippen molar-refractivity contribution in [1.82, 2.24) is 19.6 Å². The van der Waals surface area contributed by atoms with Gasteiger partial charge in [-0.2, -0.15) is 0 Å². The van der Waals surface area contributed by atoms with Gasteiger partial charge in [0.1, 0.15) is 17.9 Å². The second-order valence-electron chi connectivity index (χ2n) is 10.1. The van der Waals surface area contributed by atoms with Crippen LogP contribution in [-0.4, -0.2) is 112 Å². The number of carbonyl (C=O) groups is 1. The first-order chi connectivity index (χ1) is 15.8. The number of carbonyl (C=O) groups excluding carboxylic acids is 1. The summed E-state index contributed by atoms with van der Waals surface area (Å²) in [4.78, 5) is 36.0. The average Bonchev–Trinajstić information content (AvgIpc) is 2.79. The summed E-state index contributed by atoms with van der Waals surface area (Å²) >= 11 is 0. The molecule has 0 unspecified atom stereocenters. The Labute approximate surface area is 194 Å². The maximum Gasteiger partial charge on any atom is 0.336 e. The van der Waals surface area contributed by atoms with E-state index in [9.17, 15) is 9.59 Å². The molecule has 2 saturated heterocycles. The van der Waals surface area contributed by atoms with Gasteiger partial charge in [-0.05, 0) is 38.7 Å². The largest absolute Gasteiger partial charge is 0.492 e. The van der Waals surface area contributed by atoms with Gasteiger partial charge in [-0.25, -0.2) is 4.79 Å². The lowest BCUT2D eigenvalue weighted by Gasteiger charge is -2.45. The van der Waals surface area contributed by atoms with Gasteiger partial charge >= 0.3 is 5.63 Å². The van der Waals surface area contributed by atoms with Gasteiger partial charge < -0.3 is 19.0 Å². The molecule has 0 saturated carbocycles. The van der Waals surface area contributed by atoms with E-state index in [1.165, 1.54) is 6.07 Å². The molecule has 3 aliphatic heterocycles. The fourth-order valence-electron chi connectivity index (χ4n) is 5.40. The number of aryl methyl sites for hydroxylation is 1. The van der Waals surface area contributed by atoms with Gasteiger partial charge in [-0.3, -0.25) is 14.6 Å². The fraction of sp³-hybridized carbons (Fsp3) is 0.600. The Morgan fingerprint density at radius 3 is 2.03 bits per heavy atom. The van der Waals surface area contributed by atoms with E-state index in [1.807, 2.05) is 19.1 Å². The fourth-order valence-corrected chi connectivity index (χ4v) is 5.40. The lowest BCUT2D eigenvalue weighted by molar-refractivity contribution is 0.0147. The van der Waals surface area contributed by atoms with Crippen LogP contribution in [0.2, 0.25) is 0 Å². The minimum absolute atomic E-state index is 0.0426. The van der Waals surface area contributed by atoms with Crippen molar-refractivity contribution in [3.8, 4) is 5.75 Å². The predicted molar refractivity (Wildman–Crippen MR) is 127 cm³/mol. The highest BCUT2D eigenvalue weighted by Gasteiger charge is 2.48. The molecular formula is C25H34N4O4. The summed E-state index contributed by atoms with van der Waals surface area (Å²) in [6.45, 7) is 11.2. The molecule has 0 radical (unpaired) electrons. The molecule has 178 valence electrons. The zero-order valence-electron chi connectivity index (χ0n) is 19.9. The van der Waals surface area contributed by atoms with Crippen LogP contribution >= 0.6 is 0 Å². The van der Waals surface area contributed by atoms with Crippen LogP contribution < -0.4 is 10.4 Å². The summed E-state index contributed by atoms with van der Waals surface area (Å²) in [5, 5.41) is 0.792. The smallest absolute Gasteiger partial charge is 0.336 e. The van der Waals surface area contributed by atoms with Gasteiger partial charge in [0.2, 0.25) is 0 Å². The van der Waals surface area contributed by atoms with Gasteiger partial charge in [0, 0.05) is 76.9 Å². The number of ether oxygens (including phenoxy) is 1. The molecule has 2 fully saturated rings. The number of rotatable bonds is 4. The number of ketones is 1. The number of hydrogen-bond donors (Lipinski definition) is 0. The van der Waals surface area contributed by atoms with Crippen LogP contribution in [0.15, 0.2) is 27.4 Å². The Morgan fingerprint density at radius 1 is 0.879 bits per heavy atom. The molecule has 1 aromatic heterocycles. The summed E-state index contributed by atoms with van der Waals surface area (Å²) in [7, 11) is 4.28. The Balaban J connectivity index is 1.54. The zero-order valence-corrected chi connectivity index (χ0v) is 19.9. The molecule has 0 aliphatic carbocycles. The van der Waals surface area contributed by atoms with Gasteiger partial charge in [0.15, 0.2) is 11.4 Å². The first-order valence-electron chi connectivity index (χ1n) is 11.9. The Bertz CT molecular complexity index is 1070. The van der Waals surface area contributed by atoms with E-state index in [4.69, 9.17) is 9.15 Å². The molecule has 2 aromatic rings. The molecule has 0 atom stereocenters. The Hall–Kier alpha value is -2.26. The Kier molecular flexibility index (Phi) is 6.03. The van der Waals surface area contributed by atoms with E-state index >= 15 is 0 Å². The van der Waals surface area contributed by atoms with Crippen molar-refractivity contribution in [2.75, 3.05) is 86.1 Å². The van der Waals surface area contributed by atoms with Crippen molar-refractivity contribution in [3.63, 3.8) is 0 Å². The van der Waals surface area contributed by atoms with E-state index < -0.39 is 11.0 Å². The highest BCUT2D eigenvalue weighted by atomic mass is 16.5. The average molecular weight is 455 g/mol. The minimum Gasteiger partial charge on any atom is -0.492 e. The van der Waals surface area contributed by atoms with E-state index in [0.29, 0.717) is 36.6 Å². The number of likely N-dealkylation sites (N-methyl/N-ethyl adjacent to an activating group) is 2. The van der Waals surface area contributed by atoms with Crippen molar-refractivity contribution in [2.45, 2.75) is 6.92 Å². The van der Waals surface area contributed by atoms with Crippen LogP contribution in [0.1, 0.15) is 15.9 Å². The number of benzene rings is 1. The third kappa shape index (κ3) is 4.33. The third-order valence-corrected chi connectivity index (χ3v) is 7.54. The van der Waals surface area contributed by atoms with Crippen LogP contribution in [-0.2, 0) is 0 Å². The molecule has 0 N–H and O–H groups in total. The number of fused-ring (bicyclic) bond motifs is 3. The molecule has 8 heteroatoms. The van der Waals surface area contributed by atoms with Gasteiger partial charge in [-0.15, -0.1) is 0 Å². The summed E-state index contributed by atoms with van der Waals surface area (Å²) in [5.41, 5.74) is 0.475. The Morgan fingerprint density at radius 2 is 1.45 bits per heavy atom. The second kappa shape index (κ2) is 8.83. The molecule has 0 amide bonds. The first kappa shape index (κ1) is 22.5. The molecule has 1 aromatic carbocycles. The lowest BCUT2D eigenvalue weighted by Crippen LogP contribution is -2.59. The maximum absolute atomic E-state index is 14.3. The monoisotopic (exact) mass is 454 g/mol. The summed E-state index contributed by atoms with van der Waals surface area (Å²) in [6, 6.07) is 5.20. The van der Waals surface area contributed by atoms with E-state index in [-0.39, 0.29) is 5.78 Å². The molecule has 8 nitrogen and oxygen atoms in total. The van der Waals surface area contributed by atoms with E-state index in [1.54, 1.807) is 0 Å². The van der Waals surface area contributed by atoms with Crippen molar-refractivity contribution < 1.29 is 13.9 Å². The van der Waals surface area contributed by atoms with Gasteiger partial charge in [-0.1, -0.05) is 0 Å². The van der Waals surface area contributed by atoms with Crippen molar-refractivity contribution in [3.05, 3.63) is 39.7 Å². The van der Waals surface area contributed by atoms with Gasteiger partial charge in [0.05, 0.1) is 5.41 Å². The van der Waals surface area contributed by atoms with Gasteiger partial charge in [0.25, 0.3) is 0 Å². The molecule has 0 spiro atoms. The number of hydrogen-bond acceptors (Lipinski definition) is 8. The van der Waals surface area contributed by atoms with Crippen LogP contribution in [0, 0.1) is 12.3 Å². The molecule has 3 aliphatic rings. The maximum atomic E-state index is 14.3. The van der Waals surface area contributed by atoms with E-state index in [2.05, 4.69) is 33.7 Å². The van der Waals surface area contributed by atoms with E-state index in [0.717, 1.165) is 63.3 Å². The summed E-state index contributed by atoms with van der Waals surface area (Å²) < 4.78 is 11.9. The topological polar surface area (TPSA) is 69.5 Å². The molecule has 5 rings (SSSR count). The quantitative estimate of drug-likeness (QED) is 0.638. The highest BCUT2D eigenvalue weighted by molar-refractivity contribution is 6.12. The number of nitrogens with zero attached hydrogens (tertiary/aromatic N) is 4. The third-order valence-electron chi connectivity index (χ3n) is 7.54. The zero-order chi connectivity index (χ0) is 23.2. The van der Waals surface area contributed by atoms with Crippen molar-refractivity contribution in [2.24, 2.45) is 5.41 Å². The molecule has 4 heterocycles. The van der Waals surface area contributed by atoms with Crippen LogP contribution in [0.3, 0.4) is 0 Å². The molecular weight excluding hydrogens is 420 g/mol. The highest BCUT2D eigenvalue weighted by Crippen LogP contribution is 2.40. The first-order valence-corrected chi connectivity index (χ1v) is 11.9. The van der Waals surface area contributed by atoms with Crippen LogP contribution in [0.4, 0.5) is 0 Å². The standard InChI is InChI=1S/C25H34N4O4/c1-18-14-21(30)33-23-19(18)4-5-20-22(23)24(31)25(17-32-20,15-28-10-6-26(2)7-11-28)16-29-12-8-27(3)9-13-29/h4-5,14H,6-13,15-17H2,1-3H3. The normalized spacial score (nSPS) is 22.9.